The van der Waals surface area contributed by atoms with Crippen LogP contribution in [-0.4, -0.2) is 18.2 Å². The molecule has 2 nitrogen and oxygen atoms in total. The lowest BCUT2D eigenvalue weighted by molar-refractivity contribution is 0.198. The minimum Gasteiger partial charge on any atom is -0.389 e. The van der Waals surface area contributed by atoms with E-state index < -0.39 is 6.10 Å². The number of rotatable bonds is 8. The van der Waals surface area contributed by atoms with E-state index in [0.29, 0.717) is 0 Å². The van der Waals surface area contributed by atoms with Gasteiger partial charge in [-0.3, -0.25) is 0 Å². The summed E-state index contributed by atoms with van der Waals surface area (Å²) in [4.78, 5) is 2.45. The Kier molecular flexibility index (Phi) is 7.47. The lowest BCUT2D eigenvalue weighted by Gasteiger charge is -2.25. The van der Waals surface area contributed by atoms with Crippen molar-refractivity contribution in [1.82, 2.24) is 0 Å². The van der Waals surface area contributed by atoms with Crippen LogP contribution < -0.4 is 4.90 Å². The van der Waals surface area contributed by atoms with Crippen molar-refractivity contribution >= 4 is 21.6 Å². The molecule has 0 aliphatic heterocycles. The summed E-state index contributed by atoms with van der Waals surface area (Å²) in [6.07, 6.45) is 4.45. The zero-order valence-electron chi connectivity index (χ0n) is 12.3. The molecule has 0 aromatic heterocycles. The van der Waals surface area contributed by atoms with E-state index in [2.05, 4.69) is 46.8 Å². The number of unbranched alkanes of at least 4 members (excludes halogenated alkanes) is 2. The smallest absolute Gasteiger partial charge is 0.0772 e. The Morgan fingerprint density at radius 1 is 1.16 bits per heavy atom. The van der Waals surface area contributed by atoms with Crippen LogP contribution in [0, 0.1) is 0 Å². The molecular weight excluding hydrogens is 302 g/mol. The van der Waals surface area contributed by atoms with Gasteiger partial charge in [0, 0.05) is 23.2 Å². The predicted octanol–water partition coefficient (Wildman–Crippen LogP) is 4.91. The van der Waals surface area contributed by atoms with Crippen LogP contribution in [0.3, 0.4) is 0 Å². The van der Waals surface area contributed by atoms with Gasteiger partial charge >= 0.3 is 0 Å². The Balaban J connectivity index is 2.85. The summed E-state index contributed by atoms with van der Waals surface area (Å²) in [5.41, 5.74) is 2.20. The summed E-state index contributed by atoms with van der Waals surface area (Å²) in [5, 5.41) is 9.67. The van der Waals surface area contributed by atoms with Crippen molar-refractivity contribution in [3.63, 3.8) is 0 Å². The molecule has 1 aromatic carbocycles. The molecule has 19 heavy (non-hydrogen) atoms. The third-order valence-corrected chi connectivity index (χ3v) is 4.05. The quantitative estimate of drug-likeness (QED) is 0.733. The molecule has 0 spiro atoms. The fourth-order valence-corrected chi connectivity index (χ4v) is 2.82. The maximum Gasteiger partial charge on any atom is 0.0772 e. The molecule has 0 fully saturated rings. The lowest BCUT2D eigenvalue weighted by atomic mass is 10.1. The molecule has 0 unspecified atom stereocenters. The van der Waals surface area contributed by atoms with Gasteiger partial charge in [0.15, 0.2) is 0 Å². The Labute approximate surface area is 126 Å². The van der Waals surface area contributed by atoms with Gasteiger partial charge in [-0.05, 0) is 37.5 Å². The van der Waals surface area contributed by atoms with E-state index in [1.54, 1.807) is 6.92 Å². The lowest BCUT2D eigenvalue weighted by Crippen LogP contribution is -2.25. The van der Waals surface area contributed by atoms with Gasteiger partial charge in [-0.1, -0.05) is 48.7 Å². The molecule has 1 N–H and O–H groups in total. The van der Waals surface area contributed by atoms with Crippen LogP contribution in [0.15, 0.2) is 22.7 Å². The van der Waals surface area contributed by atoms with Gasteiger partial charge in [0.05, 0.1) is 6.10 Å². The van der Waals surface area contributed by atoms with Crippen molar-refractivity contribution in [2.45, 2.75) is 52.6 Å². The Morgan fingerprint density at radius 2 is 1.74 bits per heavy atom. The summed E-state index contributed by atoms with van der Waals surface area (Å²) in [6.45, 7) is 8.47. The SMILES string of the molecule is CCCCN(CCCC)c1ccc([C@@H](C)O)c(Br)c1. The van der Waals surface area contributed by atoms with Crippen molar-refractivity contribution in [2.75, 3.05) is 18.0 Å². The molecule has 0 bridgehead atoms. The maximum absolute atomic E-state index is 9.67. The zero-order valence-corrected chi connectivity index (χ0v) is 13.9. The van der Waals surface area contributed by atoms with Crippen molar-refractivity contribution in [1.29, 1.82) is 0 Å². The number of hydrogen-bond donors (Lipinski definition) is 1. The first kappa shape index (κ1) is 16.5. The minimum absolute atomic E-state index is 0.428. The highest BCUT2D eigenvalue weighted by Gasteiger charge is 2.10. The van der Waals surface area contributed by atoms with Crippen LogP contribution in [0.2, 0.25) is 0 Å². The first-order valence-corrected chi connectivity index (χ1v) is 8.11. The van der Waals surface area contributed by atoms with E-state index in [-0.39, 0.29) is 0 Å². The van der Waals surface area contributed by atoms with Crippen LogP contribution >= 0.6 is 15.9 Å². The van der Waals surface area contributed by atoms with Crippen LogP contribution in [-0.2, 0) is 0 Å². The fourth-order valence-electron chi connectivity index (χ4n) is 2.12. The normalized spacial score (nSPS) is 12.5. The number of hydrogen-bond acceptors (Lipinski definition) is 2. The second kappa shape index (κ2) is 8.60. The highest BCUT2D eigenvalue weighted by Crippen LogP contribution is 2.28. The summed E-state index contributed by atoms with van der Waals surface area (Å²) in [5.74, 6) is 0. The van der Waals surface area contributed by atoms with Gasteiger partial charge in [-0.2, -0.15) is 0 Å². The maximum atomic E-state index is 9.67. The van der Waals surface area contributed by atoms with Crippen molar-refractivity contribution in [2.24, 2.45) is 0 Å². The number of anilines is 1. The van der Waals surface area contributed by atoms with Gasteiger partial charge in [-0.25, -0.2) is 0 Å². The molecule has 1 aromatic rings. The molecule has 0 radical (unpaired) electrons. The molecule has 1 atom stereocenters. The number of aliphatic hydroxyl groups excluding tert-OH is 1. The molecule has 108 valence electrons. The molecule has 1 rings (SSSR count). The number of benzene rings is 1. The molecule has 0 saturated heterocycles. The summed E-state index contributed by atoms with van der Waals surface area (Å²) < 4.78 is 0.998. The van der Waals surface area contributed by atoms with E-state index in [1.807, 2.05) is 6.07 Å². The van der Waals surface area contributed by atoms with Crippen LogP contribution in [0.25, 0.3) is 0 Å². The summed E-state index contributed by atoms with van der Waals surface area (Å²) >= 11 is 3.57. The monoisotopic (exact) mass is 327 g/mol. The summed E-state index contributed by atoms with van der Waals surface area (Å²) in [6, 6.07) is 6.28. The first-order valence-electron chi connectivity index (χ1n) is 7.32. The van der Waals surface area contributed by atoms with E-state index >= 15 is 0 Å². The fraction of sp³-hybridized carbons (Fsp3) is 0.625. The summed E-state index contributed by atoms with van der Waals surface area (Å²) in [7, 11) is 0. The third-order valence-electron chi connectivity index (χ3n) is 3.36. The van der Waals surface area contributed by atoms with Crippen molar-refractivity contribution < 1.29 is 5.11 Å². The topological polar surface area (TPSA) is 23.5 Å². The van der Waals surface area contributed by atoms with Gasteiger partial charge in [0.1, 0.15) is 0 Å². The van der Waals surface area contributed by atoms with E-state index in [4.69, 9.17) is 0 Å². The van der Waals surface area contributed by atoms with Crippen molar-refractivity contribution in [3.8, 4) is 0 Å². The molecule has 0 amide bonds. The number of aliphatic hydroxyl groups is 1. The van der Waals surface area contributed by atoms with Gasteiger partial charge < -0.3 is 10.0 Å². The predicted molar refractivity (Wildman–Crippen MR) is 86.8 cm³/mol. The Morgan fingerprint density at radius 3 is 2.16 bits per heavy atom. The Hall–Kier alpha value is -0.540. The average molecular weight is 328 g/mol. The van der Waals surface area contributed by atoms with Crippen LogP contribution in [0.1, 0.15) is 58.1 Å². The van der Waals surface area contributed by atoms with E-state index in [1.165, 1.54) is 31.4 Å². The highest BCUT2D eigenvalue weighted by atomic mass is 79.9. The van der Waals surface area contributed by atoms with Crippen LogP contribution in [0.4, 0.5) is 5.69 Å². The molecule has 3 heteroatoms. The first-order chi connectivity index (χ1) is 9.10. The highest BCUT2D eigenvalue weighted by molar-refractivity contribution is 9.10. The van der Waals surface area contributed by atoms with Gasteiger partial charge in [-0.15, -0.1) is 0 Å². The average Bonchev–Trinajstić information content (AvgIpc) is 2.38. The van der Waals surface area contributed by atoms with Gasteiger partial charge in [0.25, 0.3) is 0 Å². The van der Waals surface area contributed by atoms with E-state index in [9.17, 15) is 5.11 Å². The number of halogens is 1. The van der Waals surface area contributed by atoms with Gasteiger partial charge in [0.2, 0.25) is 0 Å². The zero-order chi connectivity index (χ0) is 14.3. The largest absolute Gasteiger partial charge is 0.389 e. The number of nitrogens with zero attached hydrogens (tertiary/aromatic N) is 1. The second-order valence-corrected chi connectivity index (χ2v) is 5.93. The molecular formula is C16H26BrNO. The standard InChI is InChI=1S/C16H26BrNO/c1-4-6-10-18(11-7-5-2)14-8-9-15(13(3)19)16(17)12-14/h8-9,12-13,19H,4-7,10-11H2,1-3H3/t13-/m1/s1. The molecule has 0 aliphatic rings. The molecule has 0 saturated carbocycles. The van der Waals surface area contributed by atoms with Crippen molar-refractivity contribution in [3.05, 3.63) is 28.2 Å². The Bertz CT molecular complexity index is 371. The molecule has 0 heterocycles. The third kappa shape index (κ3) is 5.15. The molecule has 0 aliphatic carbocycles. The minimum atomic E-state index is -0.428. The van der Waals surface area contributed by atoms with E-state index in [0.717, 1.165) is 23.1 Å². The second-order valence-electron chi connectivity index (χ2n) is 5.08. The van der Waals surface area contributed by atoms with Crippen LogP contribution in [0.5, 0.6) is 0 Å².